The summed E-state index contributed by atoms with van der Waals surface area (Å²) >= 11 is 0. The van der Waals surface area contributed by atoms with Gasteiger partial charge in [-0.3, -0.25) is 0 Å². The Morgan fingerprint density at radius 1 is 1.22 bits per heavy atom. The number of benzene rings is 1. The lowest BCUT2D eigenvalue weighted by Gasteiger charge is -2.19. The van der Waals surface area contributed by atoms with Crippen molar-refractivity contribution in [2.45, 2.75) is 32.9 Å². The van der Waals surface area contributed by atoms with Gasteiger partial charge in [0.25, 0.3) is 0 Å². The molecule has 0 spiro atoms. The van der Waals surface area contributed by atoms with Gasteiger partial charge < -0.3 is 15.0 Å². The number of ether oxygens (including phenoxy) is 1. The van der Waals surface area contributed by atoms with Gasteiger partial charge in [0.1, 0.15) is 5.75 Å². The highest BCUT2D eigenvalue weighted by molar-refractivity contribution is 5.27. The van der Waals surface area contributed by atoms with Crippen LogP contribution < -0.4 is 10.1 Å². The molecule has 0 fully saturated rings. The molecule has 0 radical (unpaired) electrons. The van der Waals surface area contributed by atoms with Gasteiger partial charge >= 0.3 is 0 Å². The van der Waals surface area contributed by atoms with E-state index in [2.05, 4.69) is 43.4 Å². The van der Waals surface area contributed by atoms with E-state index in [4.69, 9.17) is 4.74 Å². The molecule has 18 heavy (non-hydrogen) atoms. The minimum atomic E-state index is 0.623. The molecule has 0 amide bonds. The third-order valence-corrected chi connectivity index (χ3v) is 3.18. The molecule has 0 aliphatic heterocycles. The van der Waals surface area contributed by atoms with E-state index in [0.29, 0.717) is 6.04 Å². The van der Waals surface area contributed by atoms with Crippen LogP contribution in [0, 0.1) is 0 Å². The highest BCUT2D eigenvalue weighted by Crippen LogP contribution is 2.11. The van der Waals surface area contributed by atoms with Crippen LogP contribution in [0.3, 0.4) is 0 Å². The van der Waals surface area contributed by atoms with E-state index >= 15 is 0 Å². The number of nitrogens with zero attached hydrogens (tertiary/aromatic N) is 1. The van der Waals surface area contributed by atoms with Gasteiger partial charge in [-0.1, -0.05) is 12.1 Å². The molecule has 3 heteroatoms. The Balaban J connectivity index is 2.23. The van der Waals surface area contributed by atoms with E-state index < -0.39 is 0 Å². The fourth-order valence-corrected chi connectivity index (χ4v) is 1.67. The van der Waals surface area contributed by atoms with Crippen molar-refractivity contribution in [3.63, 3.8) is 0 Å². The van der Waals surface area contributed by atoms with Crippen LogP contribution in [0.25, 0.3) is 0 Å². The Hall–Kier alpha value is -1.06. The highest BCUT2D eigenvalue weighted by atomic mass is 16.5. The second-order valence-electron chi connectivity index (χ2n) is 4.86. The second-order valence-corrected chi connectivity index (χ2v) is 4.86. The summed E-state index contributed by atoms with van der Waals surface area (Å²) in [5, 5.41) is 3.47. The maximum Gasteiger partial charge on any atom is 0.119 e. The average Bonchev–Trinajstić information content (AvgIpc) is 2.36. The van der Waals surface area contributed by atoms with Crippen molar-refractivity contribution in [1.82, 2.24) is 10.2 Å². The summed E-state index contributed by atoms with van der Waals surface area (Å²) in [6.07, 6.45) is 1.17. The second kappa shape index (κ2) is 8.11. The molecule has 1 rings (SSSR count). The van der Waals surface area contributed by atoms with Crippen molar-refractivity contribution in [3.8, 4) is 5.75 Å². The first kappa shape index (κ1) is 15.0. The summed E-state index contributed by atoms with van der Waals surface area (Å²) in [6.45, 7) is 6.94. The van der Waals surface area contributed by atoms with Crippen LogP contribution in [0.5, 0.6) is 5.75 Å². The largest absolute Gasteiger partial charge is 0.494 e. The van der Waals surface area contributed by atoms with Gasteiger partial charge in [-0.05, 0) is 58.6 Å². The zero-order chi connectivity index (χ0) is 13.4. The highest BCUT2D eigenvalue weighted by Gasteiger charge is 2.03. The average molecular weight is 250 g/mol. The van der Waals surface area contributed by atoms with Crippen molar-refractivity contribution in [1.29, 1.82) is 0 Å². The molecule has 0 aromatic heterocycles. The lowest BCUT2D eigenvalue weighted by Crippen LogP contribution is -2.28. The summed E-state index contributed by atoms with van der Waals surface area (Å²) in [5.41, 5.74) is 1.30. The van der Waals surface area contributed by atoms with Crippen LogP contribution in [-0.4, -0.2) is 38.2 Å². The first-order chi connectivity index (χ1) is 8.63. The minimum absolute atomic E-state index is 0.623. The van der Waals surface area contributed by atoms with Gasteiger partial charge in [0, 0.05) is 12.6 Å². The summed E-state index contributed by atoms with van der Waals surface area (Å²) in [6, 6.07) is 8.92. The van der Waals surface area contributed by atoms with E-state index in [-0.39, 0.29) is 0 Å². The van der Waals surface area contributed by atoms with Gasteiger partial charge in [0.05, 0.1) is 6.61 Å². The predicted octanol–water partition coefficient (Wildman–Crippen LogP) is 2.52. The molecule has 1 N–H and O–H groups in total. The maximum absolute atomic E-state index is 5.42. The van der Waals surface area contributed by atoms with Crippen molar-refractivity contribution < 1.29 is 4.74 Å². The zero-order valence-electron chi connectivity index (χ0n) is 12.1. The van der Waals surface area contributed by atoms with E-state index in [0.717, 1.165) is 25.4 Å². The molecule has 102 valence electrons. The summed E-state index contributed by atoms with van der Waals surface area (Å²) < 4.78 is 5.42. The first-order valence-electron chi connectivity index (χ1n) is 6.72. The van der Waals surface area contributed by atoms with Crippen LogP contribution in [0.1, 0.15) is 25.8 Å². The van der Waals surface area contributed by atoms with Gasteiger partial charge in [-0.2, -0.15) is 0 Å². The van der Waals surface area contributed by atoms with E-state index in [1.165, 1.54) is 12.0 Å². The monoisotopic (exact) mass is 250 g/mol. The summed E-state index contributed by atoms with van der Waals surface area (Å²) in [7, 11) is 4.24. The lowest BCUT2D eigenvalue weighted by molar-refractivity contribution is 0.295. The first-order valence-corrected chi connectivity index (χ1v) is 6.72. The molecule has 1 aromatic rings. The van der Waals surface area contributed by atoms with Gasteiger partial charge in [0.2, 0.25) is 0 Å². The third-order valence-electron chi connectivity index (χ3n) is 3.18. The fourth-order valence-electron chi connectivity index (χ4n) is 1.67. The van der Waals surface area contributed by atoms with Crippen molar-refractivity contribution in [2.75, 3.05) is 27.2 Å². The Kier molecular flexibility index (Phi) is 6.76. The van der Waals surface area contributed by atoms with Crippen molar-refractivity contribution >= 4 is 0 Å². The van der Waals surface area contributed by atoms with Gasteiger partial charge in [-0.25, -0.2) is 0 Å². The fraction of sp³-hybridized carbons (Fsp3) is 0.600. The zero-order valence-corrected chi connectivity index (χ0v) is 12.1. The molecular weight excluding hydrogens is 224 g/mol. The van der Waals surface area contributed by atoms with Gasteiger partial charge in [0.15, 0.2) is 0 Å². The Labute approximate surface area is 111 Å². The molecular formula is C15H26N2O. The van der Waals surface area contributed by atoms with E-state index in [1.54, 1.807) is 0 Å². The standard InChI is InChI=1S/C15H26N2O/c1-5-18-15-8-6-14(7-9-15)12-16-11-10-13(2)17(3)4/h6-9,13,16H,5,10-12H2,1-4H3. The van der Waals surface area contributed by atoms with Crippen molar-refractivity contribution in [3.05, 3.63) is 29.8 Å². The molecule has 0 saturated heterocycles. The van der Waals surface area contributed by atoms with Crippen LogP contribution >= 0.6 is 0 Å². The maximum atomic E-state index is 5.42. The topological polar surface area (TPSA) is 24.5 Å². The number of rotatable bonds is 8. The molecule has 0 aliphatic rings. The molecule has 3 nitrogen and oxygen atoms in total. The summed E-state index contributed by atoms with van der Waals surface area (Å²) in [4.78, 5) is 2.25. The Morgan fingerprint density at radius 3 is 2.44 bits per heavy atom. The molecule has 1 aromatic carbocycles. The SMILES string of the molecule is CCOc1ccc(CNCCC(C)N(C)C)cc1. The predicted molar refractivity (Wildman–Crippen MR) is 77.1 cm³/mol. The summed E-state index contributed by atoms with van der Waals surface area (Å²) in [5.74, 6) is 0.947. The van der Waals surface area contributed by atoms with Crippen LogP contribution in [-0.2, 0) is 6.54 Å². The molecule has 1 atom stereocenters. The Morgan fingerprint density at radius 2 is 1.89 bits per heavy atom. The lowest BCUT2D eigenvalue weighted by atomic mass is 10.2. The molecule has 0 saturated carbocycles. The molecule has 0 bridgehead atoms. The van der Waals surface area contributed by atoms with Crippen LogP contribution in [0.2, 0.25) is 0 Å². The normalized spacial score (nSPS) is 12.7. The molecule has 0 aliphatic carbocycles. The molecule has 1 unspecified atom stereocenters. The number of nitrogens with one attached hydrogen (secondary N) is 1. The van der Waals surface area contributed by atoms with Gasteiger partial charge in [-0.15, -0.1) is 0 Å². The minimum Gasteiger partial charge on any atom is -0.494 e. The van der Waals surface area contributed by atoms with Crippen LogP contribution in [0.4, 0.5) is 0 Å². The van der Waals surface area contributed by atoms with Crippen molar-refractivity contribution in [2.24, 2.45) is 0 Å². The molecule has 0 heterocycles. The third kappa shape index (κ3) is 5.52. The van der Waals surface area contributed by atoms with E-state index in [9.17, 15) is 0 Å². The number of hydrogen-bond donors (Lipinski definition) is 1. The van der Waals surface area contributed by atoms with E-state index in [1.807, 2.05) is 19.1 Å². The van der Waals surface area contributed by atoms with Crippen LogP contribution in [0.15, 0.2) is 24.3 Å². The smallest absolute Gasteiger partial charge is 0.119 e. The quantitative estimate of drug-likeness (QED) is 0.718. The number of hydrogen-bond acceptors (Lipinski definition) is 3. The Bertz CT molecular complexity index is 322.